The standard InChI is InChI=1S/C17H29NO3/c1-14(2,3)21-13(20)18-10-16(6,7)17(11-18)8-12(19)15(4,5)9-17/h8-11H2,1-7H3. The quantitative estimate of drug-likeness (QED) is 0.685. The molecule has 1 aliphatic heterocycles. The van der Waals surface area contributed by atoms with Crippen LogP contribution in [0.15, 0.2) is 0 Å². The zero-order valence-electron chi connectivity index (χ0n) is 14.5. The maximum atomic E-state index is 12.4. The van der Waals surface area contributed by atoms with E-state index in [1.165, 1.54) is 0 Å². The van der Waals surface area contributed by atoms with Crippen LogP contribution in [-0.4, -0.2) is 35.5 Å². The summed E-state index contributed by atoms with van der Waals surface area (Å²) in [5, 5.41) is 0. The third-order valence-corrected chi connectivity index (χ3v) is 5.20. The fraction of sp³-hybridized carbons (Fsp3) is 0.882. The Labute approximate surface area is 128 Å². The molecule has 1 unspecified atom stereocenters. The molecule has 0 aromatic heterocycles. The van der Waals surface area contributed by atoms with Crippen molar-refractivity contribution in [2.45, 2.75) is 66.9 Å². The molecule has 2 fully saturated rings. The van der Waals surface area contributed by atoms with Crippen LogP contribution in [0.4, 0.5) is 4.79 Å². The van der Waals surface area contributed by atoms with Gasteiger partial charge < -0.3 is 9.64 Å². The van der Waals surface area contributed by atoms with E-state index >= 15 is 0 Å². The number of Topliss-reactive ketones (excluding diaryl/α,β-unsaturated/α-hetero) is 1. The Balaban J connectivity index is 2.20. The van der Waals surface area contributed by atoms with Crippen LogP contribution < -0.4 is 0 Å². The van der Waals surface area contributed by atoms with E-state index in [4.69, 9.17) is 4.74 Å². The molecule has 0 bridgehead atoms. The summed E-state index contributed by atoms with van der Waals surface area (Å²) < 4.78 is 5.50. The average molecular weight is 295 g/mol. The summed E-state index contributed by atoms with van der Waals surface area (Å²) in [4.78, 5) is 26.5. The predicted octanol–water partition coefficient (Wildman–Crippen LogP) is 3.64. The minimum Gasteiger partial charge on any atom is -0.444 e. The lowest BCUT2D eigenvalue weighted by atomic mass is 9.65. The summed E-state index contributed by atoms with van der Waals surface area (Å²) in [5.41, 5.74) is -0.930. The number of hydrogen-bond acceptors (Lipinski definition) is 3. The molecule has 4 nitrogen and oxygen atoms in total. The number of ether oxygens (including phenoxy) is 1. The summed E-state index contributed by atoms with van der Waals surface area (Å²) in [6, 6.07) is 0. The molecular formula is C17H29NO3. The van der Waals surface area contributed by atoms with Crippen LogP contribution in [0.1, 0.15) is 61.3 Å². The Hall–Kier alpha value is -1.06. The number of nitrogens with zero attached hydrogens (tertiary/aromatic N) is 1. The van der Waals surface area contributed by atoms with E-state index in [9.17, 15) is 9.59 Å². The molecule has 1 spiro atoms. The minimum atomic E-state index is -0.484. The van der Waals surface area contributed by atoms with E-state index in [2.05, 4.69) is 13.8 Å². The SMILES string of the molecule is CC(C)(C)OC(=O)N1CC(C)(C)C2(CC(=O)C(C)(C)C2)C1. The van der Waals surface area contributed by atoms with E-state index < -0.39 is 5.60 Å². The van der Waals surface area contributed by atoms with E-state index in [-0.39, 0.29) is 22.3 Å². The Morgan fingerprint density at radius 1 is 1.14 bits per heavy atom. The fourth-order valence-electron chi connectivity index (χ4n) is 3.88. The second-order valence-electron chi connectivity index (χ2n) is 9.16. The van der Waals surface area contributed by atoms with Crippen molar-refractivity contribution in [3.8, 4) is 0 Å². The van der Waals surface area contributed by atoms with Gasteiger partial charge in [-0.1, -0.05) is 27.7 Å². The lowest BCUT2D eigenvalue weighted by Gasteiger charge is -2.36. The molecule has 0 aromatic carbocycles. The van der Waals surface area contributed by atoms with Crippen LogP contribution in [-0.2, 0) is 9.53 Å². The van der Waals surface area contributed by atoms with Crippen LogP contribution >= 0.6 is 0 Å². The van der Waals surface area contributed by atoms with Crippen molar-refractivity contribution in [1.29, 1.82) is 0 Å². The fourth-order valence-corrected chi connectivity index (χ4v) is 3.88. The molecule has 1 amide bonds. The highest BCUT2D eigenvalue weighted by Gasteiger charge is 2.61. The molecule has 1 saturated heterocycles. The van der Waals surface area contributed by atoms with Gasteiger partial charge in [0, 0.05) is 30.3 Å². The van der Waals surface area contributed by atoms with Crippen molar-refractivity contribution in [3.05, 3.63) is 0 Å². The third-order valence-electron chi connectivity index (χ3n) is 5.20. The van der Waals surface area contributed by atoms with Gasteiger partial charge >= 0.3 is 6.09 Å². The van der Waals surface area contributed by atoms with Crippen molar-refractivity contribution < 1.29 is 14.3 Å². The Bertz CT molecular complexity index is 473. The second-order valence-corrected chi connectivity index (χ2v) is 9.16. The normalized spacial score (nSPS) is 31.0. The highest BCUT2D eigenvalue weighted by molar-refractivity contribution is 5.87. The molecule has 0 radical (unpaired) electrons. The van der Waals surface area contributed by atoms with Crippen molar-refractivity contribution in [2.75, 3.05) is 13.1 Å². The number of amides is 1. The molecule has 0 aromatic rings. The molecule has 1 aliphatic carbocycles. The summed E-state index contributed by atoms with van der Waals surface area (Å²) in [6.07, 6.45) is 1.17. The van der Waals surface area contributed by atoms with Gasteiger partial charge in [0.25, 0.3) is 0 Å². The first-order valence-electron chi connectivity index (χ1n) is 7.79. The van der Waals surface area contributed by atoms with Gasteiger partial charge in [-0.3, -0.25) is 4.79 Å². The zero-order valence-corrected chi connectivity index (χ0v) is 14.5. The van der Waals surface area contributed by atoms with E-state index in [0.717, 1.165) is 6.42 Å². The summed E-state index contributed by atoms with van der Waals surface area (Å²) in [6.45, 7) is 15.3. The molecule has 21 heavy (non-hydrogen) atoms. The second kappa shape index (κ2) is 4.47. The molecule has 1 atom stereocenters. The number of carbonyl (C=O) groups is 2. The van der Waals surface area contributed by atoms with Crippen molar-refractivity contribution >= 4 is 11.9 Å². The average Bonchev–Trinajstić information content (AvgIpc) is 2.60. The molecule has 2 rings (SSSR count). The van der Waals surface area contributed by atoms with E-state index in [0.29, 0.717) is 25.3 Å². The molecular weight excluding hydrogens is 266 g/mol. The lowest BCUT2D eigenvalue weighted by Crippen LogP contribution is -2.36. The van der Waals surface area contributed by atoms with Gasteiger partial charge in [-0.05, 0) is 32.6 Å². The van der Waals surface area contributed by atoms with Gasteiger partial charge in [-0.25, -0.2) is 4.79 Å². The first-order chi connectivity index (χ1) is 9.28. The Kier molecular flexibility index (Phi) is 3.47. The maximum Gasteiger partial charge on any atom is 0.410 e. The van der Waals surface area contributed by atoms with Gasteiger partial charge in [0.05, 0.1) is 0 Å². The van der Waals surface area contributed by atoms with Crippen molar-refractivity contribution in [1.82, 2.24) is 4.90 Å². The Morgan fingerprint density at radius 2 is 1.71 bits per heavy atom. The maximum absolute atomic E-state index is 12.4. The predicted molar refractivity (Wildman–Crippen MR) is 82.0 cm³/mol. The van der Waals surface area contributed by atoms with E-state index in [1.54, 1.807) is 4.90 Å². The molecule has 0 N–H and O–H groups in total. The minimum absolute atomic E-state index is 0.0622. The molecule has 1 saturated carbocycles. The smallest absolute Gasteiger partial charge is 0.410 e. The van der Waals surface area contributed by atoms with Gasteiger partial charge in [-0.15, -0.1) is 0 Å². The van der Waals surface area contributed by atoms with Gasteiger partial charge in [0.1, 0.15) is 11.4 Å². The summed E-state index contributed by atoms with van der Waals surface area (Å²) in [7, 11) is 0. The monoisotopic (exact) mass is 295 g/mol. The first kappa shape index (κ1) is 16.3. The number of likely N-dealkylation sites (tertiary alicyclic amines) is 1. The van der Waals surface area contributed by atoms with Gasteiger partial charge in [0.15, 0.2) is 0 Å². The van der Waals surface area contributed by atoms with Crippen molar-refractivity contribution in [2.24, 2.45) is 16.2 Å². The number of hydrogen-bond donors (Lipinski definition) is 0. The highest BCUT2D eigenvalue weighted by Crippen LogP contribution is 2.59. The number of ketones is 1. The molecule has 120 valence electrons. The largest absolute Gasteiger partial charge is 0.444 e. The van der Waals surface area contributed by atoms with Gasteiger partial charge in [0.2, 0.25) is 0 Å². The molecule has 2 aliphatic rings. The van der Waals surface area contributed by atoms with Crippen LogP contribution in [0.5, 0.6) is 0 Å². The summed E-state index contributed by atoms with van der Waals surface area (Å²) >= 11 is 0. The third kappa shape index (κ3) is 2.82. The number of carbonyl (C=O) groups excluding carboxylic acids is 2. The van der Waals surface area contributed by atoms with Crippen LogP contribution in [0, 0.1) is 16.2 Å². The van der Waals surface area contributed by atoms with Crippen molar-refractivity contribution in [3.63, 3.8) is 0 Å². The number of rotatable bonds is 0. The van der Waals surface area contributed by atoms with Crippen LogP contribution in [0.3, 0.4) is 0 Å². The van der Waals surface area contributed by atoms with Gasteiger partial charge in [-0.2, -0.15) is 0 Å². The van der Waals surface area contributed by atoms with Crippen LogP contribution in [0.2, 0.25) is 0 Å². The molecule has 1 heterocycles. The summed E-state index contributed by atoms with van der Waals surface area (Å²) in [5.74, 6) is 0.321. The topological polar surface area (TPSA) is 46.6 Å². The van der Waals surface area contributed by atoms with Crippen LogP contribution in [0.25, 0.3) is 0 Å². The highest BCUT2D eigenvalue weighted by atomic mass is 16.6. The lowest BCUT2D eigenvalue weighted by molar-refractivity contribution is -0.124. The van der Waals surface area contributed by atoms with E-state index in [1.807, 2.05) is 34.6 Å². The first-order valence-corrected chi connectivity index (χ1v) is 7.79. The molecule has 4 heteroatoms. The Morgan fingerprint density at radius 3 is 2.14 bits per heavy atom. The zero-order chi connectivity index (χ0) is 16.3.